The number of rotatable bonds is 6. The lowest BCUT2D eigenvalue weighted by Crippen LogP contribution is -2.50. The summed E-state index contributed by atoms with van der Waals surface area (Å²) in [7, 11) is -3.55. The maximum atomic E-state index is 13.1. The van der Waals surface area contributed by atoms with E-state index in [4.69, 9.17) is 0 Å². The Morgan fingerprint density at radius 2 is 1.74 bits per heavy atom. The smallest absolute Gasteiger partial charge is 0.246 e. The van der Waals surface area contributed by atoms with Crippen LogP contribution in [0.25, 0.3) is 6.08 Å². The van der Waals surface area contributed by atoms with Gasteiger partial charge in [-0.2, -0.15) is 4.31 Å². The number of nitrogens with zero attached hydrogens (tertiary/aromatic N) is 5. The number of piperazine rings is 1. The van der Waals surface area contributed by atoms with Crippen LogP contribution in [0.2, 0.25) is 0 Å². The number of hydrogen-bond donors (Lipinski definition) is 0. The lowest BCUT2D eigenvalue weighted by Gasteiger charge is -2.33. The first-order chi connectivity index (χ1) is 16.5. The standard InChI is InChI=1S/C25H27N5O3S/c31-25(12-10-23-19-29(27-26-23)18-20-5-2-1-3-6-20)28-13-15-30(16-14-28)34(32,33)24-11-9-21-7-4-8-22(21)17-24/h1-3,5-6,9-12,17,19H,4,7-8,13-16,18H2/b12-10+. The molecule has 0 radical (unpaired) electrons. The molecular weight excluding hydrogens is 450 g/mol. The van der Waals surface area contributed by atoms with Crippen molar-refractivity contribution in [2.45, 2.75) is 30.7 Å². The molecule has 2 aromatic carbocycles. The molecule has 5 rings (SSSR count). The van der Waals surface area contributed by atoms with Gasteiger partial charge in [0.2, 0.25) is 15.9 Å². The summed E-state index contributed by atoms with van der Waals surface area (Å²) in [5.41, 5.74) is 4.11. The van der Waals surface area contributed by atoms with Gasteiger partial charge in [-0.1, -0.05) is 41.6 Å². The minimum Gasteiger partial charge on any atom is -0.337 e. The Balaban J connectivity index is 1.16. The summed E-state index contributed by atoms with van der Waals surface area (Å²) in [6.07, 6.45) is 7.95. The van der Waals surface area contributed by atoms with Crippen molar-refractivity contribution < 1.29 is 13.2 Å². The van der Waals surface area contributed by atoms with Crippen LogP contribution >= 0.6 is 0 Å². The zero-order valence-electron chi connectivity index (χ0n) is 18.9. The van der Waals surface area contributed by atoms with Gasteiger partial charge in [0, 0.05) is 32.3 Å². The quantitative estimate of drug-likeness (QED) is 0.509. The second-order valence-electron chi connectivity index (χ2n) is 8.67. The number of benzene rings is 2. The van der Waals surface area contributed by atoms with Gasteiger partial charge in [0.15, 0.2) is 0 Å². The molecule has 1 aliphatic heterocycles. The zero-order valence-corrected chi connectivity index (χ0v) is 19.7. The minimum atomic E-state index is -3.55. The van der Waals surface area contributed by atoms with Crippen LogP contribution in [-0.4, -0.2) is 64.7 Å². The van der Waals surface area contributed by atoms with Gasteiger partial charge in [-0.05, 0) is 54.2 Å². The van der Waals surface area contributed by atoms with Crippen molar-refractivity contribution in [3.63, 3.8) is 0 Å². The van der Waals surface area contributed by atoms with E-state index in [0.29, 0.717) is 30.2 Å². The van der Waals surface area contributed by atoms with Gasteiger partial charge in [-0.3, -0.25) is 4.79 Å². The van der Waals surface area contributed by atoms with Crippen molar-refractivity contribution in [3.8, 4) is 0 Å². The van der Waals surface area contributed by atoms with Gasteiger partial charge in [0.25, 0.3) is 0 Å². The van der Waals surface area contributed by atoms with E-state index in [1.54, 1.807) is 27.9 Å². The second-order valence-corrected chi connectivity index (χ2v) is 10.6. The van der Waals surface area contributed by atoms with E-state index >= 15 is 0 Å². The lowest BCUT2D eigenvalue weighted by atomic mass is 10.1. The normalized spacial score (nSPS) is 16.8. The summed E-state index contributed by atoms with van der Waals surface area (Å²) in [5, 5.41) is 8.21. The topological polar surface area (TPSA) is 88.4 Å². The van der Waals surface area contributed by atoms with Crippen LogP contribution in [0.15, 0.2) is 65.7 Å². The molecule has 3 aromatic rings. The average Bonchev–Trinajstić information content (AvgIpc) is 3.52. The average molecular weight is 478 g/mol. The summed E-state index contributed by atoms with van der Waals surface area (Å²) in [6.45, 7) is 1.89. The number of aryl methyl sites for hydroxylation is 2. The van der Waals surface area contributed by atoms with Crippen molar-refractivity contribution in [1.82, 2.24) is 24.2 Å². The fraction of sp³-hybridized carbons (Fsp3) is 0.320. The van der Waals surface area contributed by atoms with E-state index < -0.39 is 10.0 Å². The first-order valence-corrected chi connectivity index (χ1v) is 13.0. The van der Waals surface area contributed by atoms with E-state index in [1.165, 1.54) is 15.9 Å². The highest BCUT2D eigenvalue weighted by atomic mass is 32.2. The van der Waals surface area contributed by atoms with Gasteiger partial charge >= 0.3 is 0 Å². The van der Waals surface area contributed by atoms with Crippen molar-refractivity contribution in [2.24, 2.45) is 0 Å². The molecule has 1 fully saturated rings. The van der Waals surface area contributed by atoms with Gasteiger partial charge in [-0.25, -0.2) is 13.1 Å². The second kappa shape index (κ2) is 9.52. The molecule has 2 aliphatic rings. The molecule has 1 amide bonds. The van der Waals surface area contributed by atoms with E-state index in [1.807, 2.05) is 42.5 Å². The number of fused-ring (bicyclic) bond motifs is 1. The number of hydrogen-bond acceptors (Lipinski definition) is 5. The molecule has 8 nitrogen and oxygen atoms in total. The molecule has 0 atom stereocenters. The van der Waals surface area contributed by atoms with E-state index in [0.717, 1.165) is 30.4 Å². The Bertz CT molecular complexity index is 1310. The molecule has 176 valence electrons. The summed E-state index contributed by atoms with van der Waals surface area (Å²) in [5.74, 6) is -0.160. The summed E-state index contributed by atoms with van der Waals surface area (Å²) in [4.78, 5) is 14.7. The molecule has 0 unspecified atom stereocenters. The number of aromatic nitrogens is 3. The Hall–Kier alpha value is -3.30. The predicted molar refractivity (Wildman–Crippen MR) is 128 cm³/mol. The lowest BCUT2D eigenvalue weighted by molar-refractivity contribution is -0.127. The summed E-state index contributed by atoms with van der Waals surface area (Å²) in [6, 6.07) is 15.4. The van der Waals surface area contributed by atoms with Gasteiger partial charge < -0.3 is 4.90 Å². The highest BCUT2D eigenvalue weighted by Gasteiger charge is 2.30. The highest BCUT2D eigenvalue weighted by molar-refractivity contribution is 7.89. The molecular formula is C25H27N5O3S. The SMILES string of the molecule is O=C(/C=C/c1cn(Cc2ccccc2)nn1)N1CCN(S(=O)(=O)c2ccc3c(c2)CCC3)CC1. The molecule has 1 aromatic heterocycles. The first kappa shape index (κ1) is 22.5. The molecule has 34 heavy (non-hydrogen) atoms. The predicted octanol–water partition coefficient (Wildman–Crippen LogP) is 2.36. The summed E-state index contributed by atoms with van der Waals surface area (Å²) < 4.78 is 29.4. The third-order valence-electron chi connectivity index (χ3n) is 6.40. The van der Waals surface area contributed by atoms with Crippen LogP contribution in [0.1, 0.15) is 28.8 Å². The van der Waals surface area contributed by atoms with Crippen molar-refractivity contribution >= 4 is 22.0 Å². The van der Waals surface area contributed by atoms with Crippen molar-refractivity contribution in [2.75, 3.05) is 26.2 Å². The largest absolute Gasteiger partial charge is 0.337 e. The van der Waals surface area contributed by atoms with Crippen molar-refractivity contribution in [1.29, 1.82) is 0 Å². The number of carbonyl (C=O) groups is 1. The maximum absolute atomic E-state index is 13.1. The zero-order chi connectivity index (χ0) is 23.5. The first-order valence-electron chi connectivity index (χ1n) is 11.5. The minimum absolute atomic E-state index is 0.160. The van der Waals surface area contributed by atoms with Crippen LogP contribution in [0.5, 0.6) is 0 Å². The third-order valence-corrected chi connectivity index (χ3v) is 8.29. The molecule has 1 aliphatic carbocycles. The third kappa shape index (κ3) is 4.80. The fourth-order valence-electron chi connectivity index (χ4n) is 4.51. The molecule has 0 saturated carbocycles. The molecule has 0 N–H and O–H groups in total. The number of amides is 1. The number of carbonyl (C=O) groups excluding carboxylic acids is 1. The van der Waals surface area contributed by atoms with E-state index in [9.17, 15) is 13.2 Å². The monoisotopic (exact) mass is 477 g/mol. The Morgan fingerprint density at radius 3 is 2.53 bits per heavy atom. The molecule has 1 saturated heterocycles. The maximum Gasteiger partial charge on any atom is 0.246 e. The van der Waals surface area contributed by atoms with Crippen LogP contribution in [0, 0.1) is 0 Å². The van der Waals surface area contributed by atoms with Crippen LogP contribution < -0.4 is 0 Å². The molecule has 9 heteroatoms. The van der Waals surface area contributed by atoms with Crippen LogP contribution in [0.3, 0.4) is 0 Å². The Labute approximate surface area is 199 Å². The molecule has 0 bridgehead atoms. The van der Waals surface area contributed by atoms with Crippen molar-refractivity contribution in [3.05, 3.63) is 83.2 Å². The molecule has 2 heterocycles. The molecule has 0 spiro atoms. The van der Waals surface area contributed by atoms with Gasteiger partial charge in [-0.15, -0.1) is 5.10 Å². The van der Waals surface area contributed by atoms with Crippen LogP contribution in [0.4, 0.5) is 0 Å². The Morgan fingerprint density at radius 1 is 0.971 bits per heavy atom. The highest BCUT2D eigenvalue weighted by Crippen LogP contribution is 2.26. The van der Waals surface area contributed by atoms with Crippen LogP contribution in [-0.2, 0) is 34.2 Å². The van der Waals surface area contributed by atoms with E-state index in [2.05, 4.69) is 10.3 Å². The fourth-order valence-corrected chi connectivity index (χ4v) is 5.98. The van der Waals surface area contributed by atoms with E-state index in [-0.39, 0.29) is 19.0 Å². The van der Waals surface area contributed by atoms with Gasteiger partial charge in [0.1, 0.15) is 5.69 Å². The summed E-state index contributed by atoms with van der Waals surface area (Å²) >= 11 is 0. The Kier molecular flexibility index (Phi) is 6.30. The van der Waals surface area contributed by atoms with Gasteiger partial charge in [0.05, 0.1) is 17.6 Å². The number of sulfonamides is 1.